The minimum atomic E-state index is -0.0949. The number of nitrogens with zero attached hydrogens (tertiary/aromatic N) is 1. The standard InChI is InChI=1S/C13H9BrN2OS2/c1-7-15-10-3-2-9(11(14)12(10)19-7)16-13(17)8-4-5-18-6-8/h2-6H,1H3,(H,16,17). The second kappa shape index (κ2) is 5.03. The first-order chi connectivity index (χ1) is 9.15. The van der Waals surface area contributed by atoms with E-state index < -0.39 is 0 Å². The van der Waals surface area contributed by atoms with Gasteiger partial charge in [-0.05, 0) is 46.4 Å². The molecule has 0 unspecified atom stereocenters. The van der Waals surface area contributed by atoms with Crippen LogP contribution in [0, 0.1) is 6.92 Å². The van der Waals surface area contributed by atoms with Gasteiger partial charge in [0.1, 0.15) is 0 Å². The molecule has 0 aliphatic heterocycles. The van der Waals surface area contributed by atoms with E-state index in [0.29, 0.717) is 5.56 Å². The highest BCUT2D eigenvalue weighted by molar-refractivity contribution is 9.10. The van der Waals surface area contributed by atoms with Gasteiger partial charge in [-0.2, -0.15) is 11.3 Å². The van der Waals surface area contributed by atoms with E-state index >= 15 is 0 Å². The van der Waals surface area contributed by atoms with Crippen LogP contribution in [0.3, 0.4) is 0 Å². The fourth-order valence-electron chi connectivity index (χ4n) is 1.76. The Balaban J connectivity index is 1.97. The van der Waals surface area contributed by atoms with Crippen LogP contribution in [0.5, 0.6) is 0 Å². The summed E-state index contributed by atoms with van der Waals surface area (Å²) in [6, 6.07) is 5.60. The van der Waals surface area contributed by atoms with Crippen molar-refractivity contribution in [3.8, 4) is 0 Å². The zero-order valence-electron chi connectivity index (χ0n) is 9.94. The molecule has 96 valence electrons. The molecule has 0 fully saturated rings. The third-order valence-electron chi connectivity index (χ3n) is 2.64. The Morgan fingerprint density at radius 2 is 2.21 bits per heavy atom. The van der Waals surface area contributed by atoms with E-state index in [1.807, 2.05) is 35.9 Å². The first-order valence-corrected chi connectivity index (χ1v) is 8.09. The molecule has 6 heteroatoms. The SMILES string of the molecule is Cc1nc2ccc(NC(=O)c3ccsc3)c(Br)c2s1. The van der Waals surface area contributed by atoms with Gasteiger partial charge in [0.2, 0.25) is 0 Å². The number of amides is 1. The maximum absolute atomic E-state index is 12.0. The number of carbonyl (C=O) groups is 1. The van der Waals surface area contributed by atoms with Gasteiger partial charge >= 0.3 is 0 Å². The lowest BCUT2D eigenvalue weighted by molar-refractivity contribution is 0.102. The Hall–Kier alpha value is -1.24. The van der Waals surface area contributed by atoms with Gasteiger partial charge in [-0.15, -0.1) is 11.3 Å². The molecular weight excluding hydrogens is 344 g/mol. The second-order valence-corrected chi connectivity index (χ2v) is 6.75. The van der Waals surface area contributed by atoms with Crippen molar-refractivity contribution in [1.82, 2.24) is 4.98 Å². The van der Waals surface area contributed by atoms with Crippen molar-refractivity contribution < 1.29 is 4.79 Å². The van der Waals surface area contributed by atoms with Gasteiger partial charge < -0.3 is 5.32 Å². The minimum Gasteiger partial charge on any atom is -0.321 e. The summed E-state index contributed by atoms with van der Waals surface area (Å²) in [6.07, 6.45) is 0. The van der Waals surface area contributed by atoms with Gasteiger partial charge in [-0.25, -0.2) is 4.98 Å². The Morgan fingerprint density at radius 1 is 1.37 bits per heavy atom. The van der Waals surface area contributed by atoms with E-state index in [4.69, 9.17) is 0 Å². The van der Waals surface area contributed by atoms with Crippen LogP contribution in [0.25, 0.3) is 10.2 Å². The summed E-state index contributed by atoms with van der Waals surface area (Å²) in [4.78, 5) is 16.5. The van der Waals surface area contributed by atoms with E-state index in [1.165, 1.54) is 11.3 Å². The fourth-order valence-corrected chi connectivity index (χ4v) is 3.93. The summed E-state index contributed by atoms with van der Waals surface area (Å²) < 4.78 is 1.94. The van der Waals surface area contributed by atoms with Crippen molar-refractivity contribution in [2.45, 2.75) is 6.92 Å². The normalized spacial score (nSPS) is 10.8. The number of hydrogen-bond acceptors (Lipinski definition) is 4. The van der Waals surface area contributed by atoms with E-state index in [1.54, 1.807) is 11.3 Å². The number of fused-ring (bicyclic) bond motifs is 1. The number of carbonyl (C=O) groups excluding carboxylic acids is 1. The number of halogens is 1. The Morgan fingerprint density at radius 3 is 2.95 bits per heavy atom. The fraction of sp³-hybridized carbons (Fsp3) is 0.0769. The molecule has 0 bridgehead atoms. The van der Waals surface area contributed by atoms with E-state index in [-0.39, 0.29) is 5.91 Å². The lowest BCUT2D eigenvalue weighted by Crippen LogP contribution is -2.11. The number of benzene rings is 1. The number of anilines is 1. The average molecular weight is 353 g/mol. The van der Waals surface area contributed by atoms with Gasteiger partial charge in [0.25, 0.3) is 5.91 Å². The third kappa shape index (κ3) is 2.43. The number of nitrogens with one attached hydrogen (secondary N) is 1. The van der Waals surface area contributed by atoms with Crippen LogP contribution < -0.4 is 5.32 Å². The average Bonchev–Trinajstić information content (AvgIpc) is 3.01. The molecule has 0 aliphatic rings. The number of hydrogen-bond donors (Lipinski definition) is 1. The molecule has 0 radical (unpaired) electrons. The summed E-state index contributed by atoms with van der Waals surface area (Å²) in [5, 5.41) is 7.65. The maximum Gasteiger partial charge on any atom is 0.256 e. The summed E-state index contributed by atoms with van der Waals surface area (Å²) in [5.74, 6) is -0.0949. The predicted molar refractivity (Wildman–Crippen MR) is 84.3 cm³/mol. The smallest absolute Gasteiger partial charge is 0.256 e. The highest BCUT2D eigenvalue weighted by Crippen LogP contribution is 2.35. The quantitative estimate of drug-likeness (QED) is 0.727. The monoisotopic (exact) mass is 352 g/mol. The van der Waals surface area contributed by atoms with Gasteiger partial charge in [-0.1, -0.05) is 0 Å². The largest absolute Gasteiger partial charge is 0.321 e. The molecule has 2 heterocycles. The summed E-state index contributed by atoms with van der Waals surface area (Å²) in [7, 11) is 0. The van der Waals surface area contributed by atoms with Crippen molar-refractivity contribution in [2.75, 3.05) is 5.32 Å². The number of thiophene rings is 1. The van der Waals surface area contributed by atoms with Crippen LogP contribution in [0.15, 0.2) is 33.4 Å². The van der Waals surface area contributed by atoms with Crippen LogP contribution >= 0.6 is 38.6 Å². The molecule has 0 saturated carbocycles. The molecule has 0 atom stereocenters. The zero-order chi connectivity index (χ0) is 13.4. The minimum absolute atomic E-state index is 0.0949. The Labute approximate surface area is 126 Å². The summed E-state index contributed by atoms with van der Waals surface area (Å²) >= 11 is 6.66. The molecular formula is C13H9BrN2OS2. The molecule has 1 N–H and O–H groups in total. The van der Waals surface area contributed by atoms with Crippen molar-refractivity contribution >= 4 is 60.4 Å². The number of rotatable bonds is 2. The van der Waals surface area contributed by atoms with Crippen molar-refractivity contribution in [3.63, 3.8) is 0 Å². The maximum atomic E-state index is 12.0. The number of thiazole rings is 1. The first-order valence-electron chi connectivity index (χ1n) is 5.54. The Kier molecular flexibility index (Phi) is 3.38. The second-order valence-electron chi connectivity index (χ2n) is 3.97. The third-order valence-corrected chi connectivity index (χ3v) is 5.41. The topological polar surface area (TPSA) is 42.0 Å². The van der Waals surface area contributed by atoms with Crippen LogP contribution in [0.4, 0.5) is 5.69 Å². The molecule has 0 saturated heterocycles. The summed E-state index contributed by atoms with van der Waals surface area (Å²) in [5.41, 5.74) is 2.40. The van der Waals surface area contributed by atoms with Gasteiger partial charge in [-0.3, -0.25) is 4.79 Å². The van der Waals surface area contributed by atoms with Crippen LogP contribution in [-0.2, 0) is 0 Å². The van der Waals surface area contributed by atoms with E-state index in [9.17, 15) is 4.79 Å². The van der Waals surface area contributed by atoms with Gasteiger partial charge in [0, 0.05) is 5.38 Å². The van der Waals surface area contributed by atoms with Crippen LogP contribution in [0.2, 0.25) is 0 Å². The highest BCUT2D eigenvalue weighted by atomic mass is 79.9. The van der Waals surface area contributed by atoms with Gasteiger partial charge in [0.05, 0.1) is 30.9 Å². The molecule has 2 aromatic heterocycles. The van der Waals surface area contributed by atoms with Crippen LogP contribution in [-0.4, -0.2) is 10.9 Å². The van der Waals surface area contributed by atoms with E-state index in [2.05, 4.69) is 26.2 Å². The predicted octanol–water partition coefficient (Wildman–Crippen LogP) is 4.68. The zero-order valence-corrected chi connectivity index (χ0v) is 13.2. The molecule has 0 aliphatic carbocycles. The Bertz CT molecular complexity index is 749. The van der Waals surface area contributed by atoms with Crippen LogP contribution in [0.1, 0.15) is 15.4 Å². The molecule has 3 nitrogen and oxygen atoms in total. The van der Waals surface area contributed by atoms with E-state index in [0.717, 1.165) is 25.4 Å². The summed E-state index contributed by atoms with van der Waals surface area (Å²) in [6.45, 7) is 1.97. The molecule has 1 amide bonds. The van der Waals surface area contributed by atoms with Gasteiger partial charge in [0.15, 0.2) is 0 Å². The highest BCUT2D eigenvalue weighted by Gasteiger charge is 2.12. The molecule has 0 spiro atoms. The lowest BCUT2D eigenvalue weighted by Gasteiger charge is -2.06. The molecule has 19 heavy (non-hydrogen) atoms. The van der Waals surface area contributed by atoms with Crippen molar-refractivity contribution in [1.29, 1.82) is 0 Å². The number of aryl methyl sites for hydroxylation is 1. The van der Waals surface area contributed by atoms with Crippen molar-refractivity contribution in [2.24, 2.45) is 0 Å². The number of aromatic nitrogens is 1. The first kappa shape index (κ1) is 12.8. The lowest BCUT2D eigenvalue weighted by atomic mass is 10.2. The molecule has 3 rings (SSSR count). The van der Waals surface area contributed by atoms with Crippen molar-refractivity contribution in [3.05, 3.63) is 44.0 Å². The molecule has 3 aromatic rings. The molecule has 1 aromatic carbocycles.